The molecule has 1 atom stereocenters. The number of aromatic hydroxyl groups is 1. The zero-order chi connectivity index (χ0) is 10.7. The van der Waals surface area contributed by atoms with Crippen LogP contribution in [0, 0.1) is 0 Å². The number of carbonyl (C=O) groups is 1. The summed E-state index contributed by atoms with van der Waals surface area (Å²) < 4.78 is 4.44. The number of carbonyl (C=O) groups excluding carboxylic acids is 1. The van der Waals surface area contributed by atoms with E-state index in [1.807, 2.05) is 0 Å². The Balaban J connectivity index is 3.05. The van der Waals surface area contributed by atoms with Crippen LogP contribution in [-0.4, -0.2) is 18.2 Å². The second kappa shape index (κ2) is 4.30. The van der Waals surface area contributed by atoms with Gasteiger partial charge >= 0.3 is 5.97 Å². The number of hydrogen-bond donors (Lipinski definition) is 2. The van der Waals surface area contributed by atoms with Crippen LogP contribution >= 0.6 is 11.6 Å². The van der Waals surface area contributed by atoms with Crippen molar-refractivity contribution in [2.45, 2.75) is 6.04 Å². The van der Waals surface area contributed by atoms with Gasteiger partial charge in [0.2, 0.25) is 0 Å². The van der Waals surface area contributed by atoms with Gasteiger partial charge in [-0.3, -0.25) is 4.79 Å². The van der Waals surface area contributed by atoms with Crippen molar-refractivity contribution in [3.63, 3.8) is 0 Å². The van der Waals surface area contributed by atoms with Crippen LogP contribution in [0.4, 0.5) is 0 Å². The van der Waals surface area contributed by atoms with Gasteiger partial charge in [0.25, 0.3) is 0 Å². The summed E-state index contributed by atoms with van der Waals surface area (Å²) in [6, 6.07) is 3.29. The van der Waals surface area contributed by atoms with Crippen molar-refractivity contribution >= 4 is 17.6 Å². The fourth-order valence-corrected chi connectivity index (χ4v) is 1.21. The minimum atomic E-state index is -1.02. The average molecular weight is 216 g/mol. The highest BCUT2D eigenvalue weighted by Crippen LogP contribution is 2.26. The van der Waals surface area contributed by atoms with E-state index < -0.39 is 12.0 Å². The molecule has 0 saturated carbocycles. The van der Waals surface area contributed by atoms with Crippen molar-refractivity contribution in [1.29, 1.82) is 0 Å². The lowest BCUT2D eigenvalue weighted by molar-refractivity contribution is -0.142. The minimum Gasteiger partial charge on any atom is -0.508 e. The van der Waals surface area contributed by atoms with Crippen molar-refractivity contribution < 1.29 is 14.6 Å². The van der Waals surface area contributed by atoms with Crippen LogP contribution < -0.4 is 5.73 Å². The number of esters is 1. The van der Waals surface area contributed by atoms with Crippen LogP contribution in [0.25, 0.3) is 0 Å². The first kappa shape index (κ1) is 10.8. The Morgan fingerprint density at radius 1 is 1.64 bits per heavy atom. The summed E-state index contributed by atoms with van der Waals surface area (Å²) in [6.45, 7) is 0. The number of phenolic OH excluding ortho intramolecular Hbond substituents is 1. The molecule has 0 heterocycles. The Morgan fingerprint density at radius 3 is 2.86 bits per heavy atom. The van der Waals surface area contributed by atoms with Gasteiger partial charge in [-0.1, -0.05) is 11.6 Å². The van der Waals surface area contributed by atoms with E-state index in [4.69, 9.17) is 17.3 Å². The lowest BCUT2D eigenvalue weighted by Gasteiger charge is -2.11. The third-order valence-electron chi connectivity index (χ3n) is 1.78. The predicted octanol–water partition coefficient (Wildman–Crippen LogP) is 1.22. The molecule has 0 radical (unpaired) electrons. The van der Waals surface area contributed by atoms with Gasteiger partial charge in [-0.15, -0.1) is 0 Å². The van der Waals surface area contributed by atoms with Gasteiger partial charge in [0.1, 0.15) is 11.8 Å². The fraction of sp³-hybridized carbons (Fsp3) is 0.222. The van der Waals surface area contributed by atoms with E-state index in [1.165, 1.54) is 25.3 Å². The van der Waals surface area contributed by atoms with Gasteiger partial charge in [0.05, 0.1) is 7.11 Å². The summed E-state index contributed by atoms with van der Waals surface area (Å²) >= 11 is 5.69. The summed E-state index contributed by atoms with van der Waals surface area (Å²) in [5.74, 6) is -0.699. The molecule has 0 aliphatic rings. The summed E-state index contributed by atoms with van der Waals surface area (Å²) in [6.07, 6.45) is 0. The highest BCUT2D eigenvalue weighted by molar-refractivity contribution is 6.30. The number of halogens is 1. The van der Waals surface area contributed by atoms with Crippen LogP contribution in [0.2, 0.25) is 5.02 Å². The molecule has 0 saturated heterocycles. The van der Waals surface area contributed by atoms with Gasteiger partial charge in [0, 0.05) is 10.6 Å². The molecular weight excluding hydrogens is 206 g/mol. The number of phenols is 1. The minimum absolute atomic E-state index is 0.0766. The van der Waals surface area contributed by atoms with E-state index in [9.17, 15) is 9.90 Å². The molecule has 0 spiro atoms. The average Bonchev–Trinajstić information content (AvgIpc) is 2.19. The van der Waals surface area contributed by atoms with Gasteiger partial charge in [0.15, 0.2) is 0 Å². The van der Waals surface area contributed by atoms with Crippen molar-refractivity contribution in [3.8, 4) is 5.75 Å². The van der Waals surface area contributed by atoms with Crippen LogP contribution in [0.5, 0.6) is 5.75 Å². The third kappa shape index (κ3) is 2.16. The number of benzene rings is 1. The highest BCUT2D eigenvalue weighted by Gasteiger charge is 2.19. The molecule has 0 amide bonds. The number of rotatable bonds is 2. The Bertz CT molecular complexity index is 354. The number of methoxy groups -OCH3 is 1. The Morgan fingerprint density at radius 2 is 2.29 bits per heavy atom. The topological polar surface area (TPSA) is 72.5 Å². The number of ether oxygens (including phenoxy) is 1. The summed E-state index contributed by atoms with van der Waals surface area (Å²) in [7, 11) is 1.23. The van der Waals surface area contributed by atoms with E-state index in [2.05, 4.69) is 4.74 Å². The molecule has 0 fully saturated rings. The van der Waals surface area contributed by atoms with E-state index in [0.717, 1.165) is 0 Å². The molecule has 76 valence electrons. The smallest absolute Gasteiger partial charge is 0.327 e. The molecule has 3 N–H and O–H groups in total. The quantitative estimate of drug-likeness (QED) is 0.728. The van der Waals surface area contributed by atoms with Crippen LogP contribution in [-0.2, 0) is 9.53 Å². The van der Waals surface area contributed by atoms with Gasteiger partial charge in [-0.25, -0.2) is 0 Å². The maximum absolute atomic E-state index is 11.1. The normalized spacial score (nSPS) is 12.2. The number of nitrogens with two attached hydrogens (primary N) is 1. The highest BCUT2D eigenvalue weighted by atomic mass is 35.5. The molecule has 1 rings (SSSR count). The van der Waals surface area contributed by atoms with E-state index in [-0.39, 0.29) is 11.3 Å². The molecule has 0 unspecified atom stereocenters. The molecule has 1 aromatic rings. The van der Waals surface area contributed by atoms with E-state index >= 15 is 0 Å². The maximum atomic E-state index is 11.1. The monoisotopic (exact) mass is 215 g/mol. The van der Waals surface area contributed by atoms with E-state index in [1.54, 1.807) is 0 Å². The van der Waals surface area contributed by atoms with Gasteiger partial charge < -0.3 is 15.6 Å². The zero-order valence-corrected chi connectivity index (χ0v) is 8.28. The first-order valence-corrected chi connectivity index (χ1v) is 4.26. The lowest BCUT2D eigenvalue weighted by atomic mass is 10.1. The molecule has 0 bridgehead atoms. The molecule has 14 heavy (non-hydrogen) atoms. The summed E-state index contributed by atoms with van der Waals surface area (Å²) in [5.41, 5.74) is 5.78. The zero-order valence-electron chi connectivity index (χ0n) is 7.53. The van der Waals surface area contributed by atoms with Crippen molar-refractivity contribution in [2.75, 3.05) is 7.11 Å². The van der Waals surface area contributed by atoms with Gasteiger partial charge in [-0.05, 0) is 18.2 Å². The molecule has 5 heteroatoms. The molecule has 0 aliphatic heterocycles. The second-order valence-electron chi connectivity index (χ2n) is 2.70. The van der Waals surface area contributed by atoms with Crippen LogP contribution in [0.3, 0.4) is 0 Å². The number of hydrogen-bond acceptors (Lipinski definition) is 4. The molecule has 0 aliphatic carbocycles. The second-order valence-corrected chi connectivity index (χ2v) is 3.14. The van der Waals surface area contributed by atoms with Crippen molar-refractivity contribution in [1.82, 2.24) is 0 Å². The maximum Gasteiger partial charge on any atom is 0.327 e. The molecule has 4 nitrogen and oxygen atoms in total. The molecule has 0 aromatic heterocycles. The Labute approximate surface area is 86.2 Å². The Hall–Kier alpha value is -1.26. The predicted molar refractivity (Wildman–Crippen MR) is 52.1 cm³/mol. The van der Waals surface area contributed by atoms with Crippen molar-refractivity contribution in [3.05, 3.63) is 28.8 Å². The summed E-state index contributed by atoms with van der Waals surface area (Å²) in [5, 5.41) is 9.80. The van der Waals surface area contributed by atoms with Crippen LogP contribution in [0.15, 0.2) is 18.2 Å². The first-order chi connectivity index (χ1) is 6.56. The van der Waals surface area contributed by atoms with Crippen LogP contribution in [0.1, 0.15) is 11.6 Å². The molecule has 1 aromatic carbocycles. The van der Waals surface area contributed by atoms with E-state index in [0.29, 0.717) is 5.02 Å². The molecular formula is C9H10ClNO3. The third-order valence-corrected chi connectivity index (χ3v) is 2.01. The Kier molecular flexibility index (Phi) is 3.33. The van der Waals surface area contributed by atoms with Gasteiger partial charge in [-0.2, -0.15) is 0 Å². The fourth-order valence-electron chi connectivity index (χ4n) is 1.03. The first-order valence-electron chi connectivity index (χ1n) is 3.88. The lowest BCUT2D eigenvalue weighted by Crippen LogP contribution is -2.22. The van der Waals surface area contributed by atoms with Crippen molar-refractivity contribution in [2.24, 2.45) is 5.73 Å². The largest absolute Gasteiger partial charge is 0.508 e. The SMILES string of the molecule is COC(=O)[C@@H](N)c1cc(Cl)ccc1O. The standard InChI is InChI=1S/C9H10ClNO3/c1-14-9(13)8(11)6-4-5(10)2-3-7(6)12/h2-4,8,12H,11H2,1H3/t8-/m0/s1. The summed E-state index contributed by atoms with van der Waals surface area (Å²) in [4.78, 5) is 11.1.